The number of ketones is 1. The minimum atomic E-state index is -1.97. The Bertz CT molecular complexity index is 185. The summed E-state index contributed by atoms with van der Waals surface area (Å²) < 4.78 is 0. The average Bonchev–Trinajstić information content (AvgIpc) is 2.37. The van der Waals surface area contributed by atoms with E-state index in [1.165, 1.54) is 0 Å². The lowest BCUT2D eigenvalue weighted by molar-refractivity contribution is -0.197. The predicted octanol–water partition coefficient (Wildman–Crippen LogP) is -0.334. The Morgan fingerprint density at radius 3 is 2.40 bits per heavy atom. The monoisotopic (exact) mass is 142 g/mol. The van der Waals surface area contributed by atoms with Gasteiger partial charge in [0.2, 0.25) is 5.79 Å². The van der Waals surface area contributed by atoms with Crippen LogP contribution in [0.4, 0.5) is 0 Å². The van der Waals surface area contributed by atoms with Crippen molar-refractivity contribution in [2.45, 2.75) is 25.0 Å². The number of rotatable bonds is 0. The van der Waals surface area contributed by atoms with Crippen molar-refractivity contribution in [3.8, 4) is 0 Å². The Morgan fingerprint density at radius 2 is 2.10 bits per heavy atom. The highest BCUT2D eigenvalue weighted by Crippen LogP contribution is 2.46. The molecule has 2 N–H and O–H groups in total. The first kappa shape index (κ1) is 6.31. The van der Waals surface area contributed by atoms with Gasteiger partial charge in [-0.15, -0.1) is 0 Å². The normalized spacial score (nSPS) is 42.8. The van der Waals surface area contributed by atoms with Gasteiger partial charge in [-0.05, 0) is 19.3 Å². The van der Waals surface area contributed by atoms with Gasteiger partial charge in [0.05, 0.1) is 0 Å². The predicted molar refractivity (Wildman–Crippen MR) is 33.0 cm³/mol. The van der Waals surface area contributed by atoms with Gasteiger partial charge in [-0.25, -0.2) is 0 Å². The molecule has 2 bridgehead atoms. The van der Waals surface area contributed by atoms with E-state index in [0.717, 1.165) is 12.8 Å². The van der Waals surface area contributed by atoms with Crippen LogP contribution in [-0.2, 0) is 4.79 Å². The van der Waals surface area contributed by atoms with E-state index in [1.807, 2.05) is 0 Å². The molecular weight excluding hydrogens is 132 g/mol. The van der Waals surface area contributed by atoms with Gasteiger partial charge in [0.1, 0.15) is 0 Å². The lowest BCUT2D eigenvalue weighted by Crippen LogP contribution is -2.43. The number of aliphatic hydroxyl groups is 2. The molecule has 0 spiro atoms. The van der Waals surface area contributed by atoms with Gasteiger partial charge in [0, 0.05) is 11.8 Å². The molecule has 2 rings (SSSR count). The molecule has 0 aromatic rings. The summed E-state index contributed by atoms with van der Waals surface area (Å²) in [6.07, 6.45) is 2.33. The van der Waals surface area contributed by atoms with Crippen LogP contribution in [0.3, 0.4) is 0 Å². The van der Waals surface area contributed by atoms with Crippen LogP contribution in [0.25, 0.3) is 0 Å². The first-order valence-corrected chi connectivity index (χ1v) is 3.61. The zero-order chi connectivity index (χ0) is 7.35. The molecule has 0 aliphatic heterocycles. The van der Waals surface area contributed by atoms with Gasteiger partial charge < -0.3 is 10.2 Å². The van der Waals surface area contributed by atoms with Gasteiger partial charge in [-0.3, -0.25) is 4.79 Å². The van der Waals surface area contributed by atoms with E-state index in [1.54, 1.807) is 0 Å². The Hall–Kier alpha value is -0.410. The summed E-state index contributed by atoms with van der Waals surface area (Å²) in [5, 5.41) is 18.3. The minimum absolute atomic E-state index is 0.0556. The number of hydrogen-bond acceptors (Lipinski definition) is 3. The van der Waals surface area contributed by atoms with E-state index in [2.05, 4.69) is 0 Å². The van der Waals surface area contributed by atoms with Crippen molar-refractivity contribution < 1.29 is 15.0 Å². The third-order valence-corrected chi connectivity index (χ3v) is 2.74. The summed E-state index contributed by atoms with van der Waals surface area (Å²) in [4.78, 5) is 11.0. The number of Topliss-reactive ketones (excluding diaryl/α,β-unsaturated/α-hetero) is 1. The average molecular weight is 142 g/mol. The molecule has 56 valence electrons. The lowest BCUT2D eigenvalue weighted by Gasteiger charge is -2.24. The SMILES string of the molecule is O=C1C2CCC(C2)C1(O)O. The van der Waals surface area contributed by atoms with Gasteiger partial charge in [0.25, 0.3) is 0 Å². The standard InChI is InChI=1S/C7H10O3/c8-6-4-1-2-5(3-4)7(6,9)10/h4-5,9-10H,1-3H2. The van der Waals surface area contributed by atoms with Crippen molar-refractivity contribution in [1.82, 2.24) is 0 Å². The highest BCUT2D eigenvalue weighted by Gasteiger charge is 2.56. The zero-order valence-electron chi connectivity index (χ0n) is 5.58. The molecule has 10 heavy (non-hydrogen) atoms. The van der Waals surface area contributed by atoms with Crippen LogP contribution in [-0.4, -0.2) is 21.8 Å². The molecule has 2 aliphatic carbocycles. The second kappa shape index (κ2) is 1.60. The lowest BCUT2D eigenvalue weighted by atomic mass is 9.93. The third-order valence-electron chi connectivity index (χ3n) is 2.74. The van der Waals surface area contributed by atoms with E-state index in [-0.39, 0.29) is 17.6 Å². The summed E-state index contributed by atoms with van der Waals surface area (Å²) in [5.41, 5.74) is 0. The fourth-order valence-corrected chi connectivity index (χ4v) is 2.09. The Morgan fingerprint density at radius 1 is 1.40 bits per heavy atom. The van der Waals surface area contributed by atoms with Crippen LogP contribution in [0.2, 0.25) is 0 Å². The Kier molecular flexibility index (Phi) is 1.01. The Balaban J connectivity index is 2.34. The van der Waals surface area contributed by atoms with Gasteiger partial charge in [0.15, 0.2) is 5.78 Å². The molecule has 2 aliphatic rings. The molecule has 2 saturated carbocycles. The van der Waals surface area contributed by atoms with Crippen molar-refractivity contribution in [2.75, 3.05) is 0 Å². The van der Waals surface area contributed by atoms with Crippen LogP contribution in [0.1, 0.15) is 19.3 Å². The maximum Gasteiger partial charge on any atom is 0.227 e. The van der Waals surface area contributed by atoms with Gasteiger partial charge in [-0.2, -0.15) is 0 Å². The van der Waals surface area contributed by atoms with Crippen LogP contribution >= 0.6 is 0 Å². The van der Waals surface area contributed by atoms with E-state index in [4.69, 9.17) is 10.2 Å². The van der Waals surface area contributed by atoms with E-state index >= 15 is 0 Å². The van der Waals surface area contributed by atoms with Crippen molar-refractivity contribution >= 4 is 5.78 Å². The van der Waals surface area contributed by atoms with Gasteiger partial charge in [-0.1, -0.05) is 0 Å². The maximum atomic E-state index is 11.0. The number of carbonyl (C=O) groups excluding carboxylic acids is 1. The molecule has 0 aromatic carbocycles. The van der Waals surface area contributed by atoms with Crippen LogP contribution < -0.4 is 0 Å². The van der Waals surface area contributed by atoms with Crippen molar-refractivity contribution in [3.05, 3.63) is 0 Å². The molecule has 3 nitrogen and oxygen atoms in total. The molecule has 0 heterocycles. The molecule has 2 fully saturated rings. The van der Waals surface area contributed by atoms with E-state index < -0.39 is 5.79 Å². The second-order valence-corrected chi connectivity index (χ2v) is 3.30. The number of hydrogen-bond donors (Lipinski definition) is 2. The highest BCUT2D eigenvalue weighted by molar-refractivity contribution is 5.91. The molecule has 2 atom stereocenters. The molecule has 0 saturated heterocycles. The summed E-state index contributed by atoms with van der Waals surface area (Å²) in [6, 6.07) is 0. The zero-order valence-corrected chi connectivity index (χ0v) is 5.58. The quantitative estimate of drug-likeness (QED) is 0.455. The van der Waals surface area contributed by atoms with E-state index in [9.17, 15) is 4.79 Å². The van der Waals surface area contributed by atoms with Crippen LogP contribution in [0, 0.1) is 11.8 Å². The molecule has 0 amide bonds. The molecule has 3 heteroatoms. The molecule has 2 unspecified atom stereocenters. The summed E-state index contributed by atoms with van der Waals surface area (Å²) >= 11 is 0. The summed E-state index contributed by atoms with van der Waals surface area (Å²) in [7, 11) is 0. The largest absolute Gasteiger partial charge is 0.359 e. The van der Waals surface area contributed by atoms with Crippen LogP contribution in [0.15, 0.2) is 0 Å². The maximum absolute atomic E-state index is 11.0. The topological polar surface area (TPSA) is 57.5 Å². The molecular formula is C7H10O3. The van der Waals surface area contributed by atoms with Crippen LogP contribution in [0.5, 0.6) is 0 Å². The first-order chi connectivity index (χ1) is 4.62. The van der Waals surface area contributed by atoms with Crippen molar-refractivity contribution in [2.24, 2.45) is 11.8 Å². The Labute approximate surface area is 58.7 Å². The number of fused-ring (bicyclic) bond motifs is 2. The smallest absolute Gasteiger partial charge is 0.227 e. The molecule has 0 radical (unpaired) electrons. The number of carbonyl (C=O) groups is 1. The minimum Gasteiger partial charge on any atom is -0.359 e. The molecule has 0 aromatic heterocycles. The van der Waals surface area contributed by atoms with Gasteiger partial charge >= 0.3 is 0 Å². The van der Waals surface area contributed by atoms with E-state index in [0.29, 0.717) is 6.42 Å². The fourth-order valence-electron chi connectivity index (χ4n) is 2.09. The highest BCUT2D eigenvalue weighted by atomic mass is 16.5. The second-order valence-electron chi connectivity index (χ2n) is 3.30. The third kappa shape index (κ3) is 0.545. The van der Waals surface area contributed by atoms with Crippen molar-refractivity contribution in [3.63, 3.8) is 0 Å². The van der Waals surface area contributed by atoms with Crippen molar-refractivity contribution in [1.29, 1.82) is 0 Å². The fraction of sp³-hybridized carbons (Fsp3) is 0.857. The summed E-state index contributed by atoms with van der Waals surface area (Å²) in [6.45, 7) is 0. The summed E-state index contributed by atoms with van der Waals surface area (Å²) in [5.74, 6) is -2.56. The first-order valence-electron chi connectivity index (χ1n) is 3.61.